The average molecular weight is 302 g/mol. The van der Waals surface area contributed by atoms with Crippen LogP contribution in [0.25, 0.3) is 0 Å². The molecule has 0 saturated carbocycles. The highest BCUT2D eigenvalue weighted by molar-refractivity contribution is 6.49. The van der Waals surface area contributed by atoms with Crippen LogP contribution >= 0.6 is 0 Å². The van der Waals surface area contributed by atoms with E-state index < -0.39 is 11.6 Å². The van der Waals surface area contributed by atoms with Gasteiger partial charge in [-0.05, 0) is 0 Å². The van der Waals surface area contributed by atoms with E-state index in [1.807, 2.05) is 53.4 Å². The van der Waals surface area contributed by atoms with Crippen molar-refractivity contribution < 1.29 is 14.2 Å². The summed E-state index contributed by atoms with van der Waals surface area (Å²) in [7, 11) is 0. The van der Waals surface area contributed by atoms with E-state index >= 15 is 0 Å². The van der Waals surface area contributed by atoms with Crippen LogP contribution in [-0.4, -0.2) is 11.6 Å². The average Bonchev–Trinajstić information content (AvgIpc) is 2.63. The second-order valence-electron chi connectivity index (χ2n) is 5.27. The molecule has 0 aliphatic rings. The highest BCUT2D eigenvalue weighted by atomic mass is 16.2. The Balaban J connectivity index is 1.74. The lowest BCUT2D eigenvalue weighted by molar-refractivity contribution is -0.688. The van der Waals surface area contributed by atoms with Gasteiger partial charge in [0, 0.05) is 28.8 Å². The predicted octanol–water partition coefficient (Wildman–Crippen LogP) is 3.09. The molecule has 3 rings (SSSR count). The van der Waals surface area contributed by atoms with Crippen molar-refractivity contribution in [3.8, 4) is 0 Å². The number of pyridine rings is 1. The molecule has 0 aliphatic heterocycles. The minimum absolute atomic E-state index is 0.417. The van der Waals surface area contributed by atoms with Crippen LogP contribution in [0.15, 0.2) is 85.2 Å². The zero-order valence-corrected chi connectivity index (χ0v) is 12.6. The van der Waals surface area contributed by atoms with Gasteiger partial charge in [0.2, 0.25) is 11.6 Å². The summed E-state index contributed by atoms with van der Waals surface area (Å²) in [5, 5.41) is 0. The number of carbonyl (C=O) groups excluding carboxylic acids is 2. The van der Waals surface area contributed by atoms with E-state index in [0.717, 1.165) is 12.1 Å². The third-order valence-electron chi connectivity index (χ3n) is 3.60. The Labute approximate surface area is 134 Å². The van der Waals surface area contributed by atoms with Gasteiger partial charge in [0.15, 0.2) is 18.9 Å². The Morgan fingerprint density at radius 2 is 1.17 bits per heavy atom. The maximum Gasteiger partial charge on any atom is 0.233 e. The molecule has 112 valence electrons. The van der Waals surface area contributed by atoms with E-state index in [4.69, 9.17) is 0 Å². The summed E-state index contributed by atoms with van der Waals surface area (Å²) in [4.78, 5) is 24.4. The van der Waals surface area contributed by atoms with Crippen molar-refractivity contribution in [3.63, 3.8) is 0 Å². The number of Topliss-reactive ketones (excluding diaryl/α,β-unsaturated/α-hetero) is 2. The summed E-state index contributed by atoms with van der Waals surface area (Å²) >= 11 is 0. The molecule has 2 aromatic carbocycles. The first kappa shape index (κ1) is 14.9. The van der Waals surface area contributed by atoms with Crippen molar-refractivity contribution in [2.75, 3.05) is 0 Å². The zero-order valence-electron chi connectivity index (χ0n) is 12.6. The molecule has 0 saturated heterocycles. The van der Waals surface area contributed by atoms with Gasteiger partial charge in [0.05, 0.1) is 0 Å². The normalized spacial score (nSPS) is 10.3. The number of carbonyl (C=O) groups is 2. The van der Waals surface area contributed by atoms with Gasteiger partial charge in [-0.2, -0.15) is 0 Å². The highest BCUT2D eigenvalue weighted by Crippen LogP contribution is 2.09. The van der Waals surface area contributed by atoms with Crippen LogP contribution in [0.5, 0.6) is 0 Å². The fraction of sp³-hybridized carbons (Fsp3) is 0.0500. The summed E-state index contributed by atoms with van der Waals surface area (Å²) in [6, 6.07) is 21.7. The van der Waals surface area contributed by atoms with E-state index in [9.17, 15) is 9.59 Å². The molecule has 3 aromatic rings. The molecule has 1 aromatic heterocycles. The zero-order chi connectivity index (χ0) is 16.1. The molecule has 0 spiro atoms. The van der Waals surface area contributed by atoms with Crippen molar-refractivity contribution in [1.82, 2.24) is 0 Å². The minimum atomic E-state index is -0.477. The molecular weight excluding hydrogens is 286 g/mol. The minimum Gasteiger partial charge on any atom is -0.285 e. The monoisotopic (exact) mass is 302 g/mol. The molecule has 0 fully saturated rings. The Hall–Kier alpha value is -3.07. The Kier molecular flexibility index (Phi) is 4.39. The molecule has 0 unspecified atom stereocenters. The van der Waals surface area contributed by atoms with Gasteiger partial charge in [0.25, 0.3) is 0 Å². The molecule has 0 bridgehead atoms. The van der Waals surface area contributed by atoms with E-state index in [2.05, 4.69) is 0 Å². The summed E-state index contributed by atoms with van der Waals surface area (Å²) in [6.07, 6.45) is 3.97. The van der Waals surface area contributed by atoms with E-state index in [-0.39, 0.29) is 0 Å². The number of hydrogen-bond donors (Lipinski definition) is 0. The second kappa shape index (κ2) is 6.79. The molecule has 1 heterocycles. The summed E-state index contributed by atoms with van der Waals surface area (Å²) in [6.45, 7) is 0.724. The van der Waals surface area contributed by atoms with Crippen LogP contribution < -0.4 is 4.57 Å². The molecule has 3 heteroatoms. The molecule has 23 heavy (non-hydrogen) atoms. The van der Waals surface area contributed by atoms with Gasteiger partial charge >= 0.3 is 0 Å². The number of nitrogens with zero attached hydrogens (tertiary/aromatic N) is 1. The quantitative estimate of drug-likeness (QED) is 0.413. The smallest absolute Gasteiger partial charge is 0.233 e. The third-order valence-corrected chi connectivity index (χ3v) is 3.60. The third kappa shape index (κ3) is 3.58. The number of aromatic nitrogens is 1. The molecule has 0 amide bonds. The number of rotatable bonds is 5. The summed E-state index contributed by atoms with van der Waals surface area (Å²) < 4.78 is 2.05. The first-order valence-corrected chi connectivity index (χ1v) is 7.41. The summed E-state index contributed by atoms with van der Waals surface area (Å²) in [5.41, 5.74) is 1.91. The lowest BCUT2D eigenvalue weighted by Gasteiger charge is -2.02. The van der Waals surface area contributed by atoms with Gasteiger partial charge in [0.1, 0.15) is 0 Å². The standard InChI is InChI=1S/C20H16NO2/c22-19(17-7-3-1-4-8-17)20(23)18-11-9-16(10-12-18)15-21-13-5-2-6-14-21/h1-14H,15H2/q+1. The van der Waals surface area contributed by atoms with Crippen molar-refractivity contribution in [2.24, 2.45) is 0 Å². The van der Waals surface area contributed by atoms with Crippen molar-refractivity contribution in [3.05, 3.63) is 102 Å². The van der Waals surface area contributed by atoms with Crippen molar-refractivity contribution in [2.45, 2.75) is 6.54 Å². The molecule has 0 N–H and O–H groups in total. The Bertz CT molecular complexity index is 809. The molecule has 0 aliphatic carbocycles. The van der Waals surface area contributed by atoms with E-state index in [1.165, 1.54) is 0 Å². The largest absolute Gasteiger partial charge is 0.285 e. The van der Waals surface area contributed by atoms with E-state index in [1.54, 1.807) is 36.4 Å². The fourth-order valence-corrected chi connectivity index (χ4v) is 2.36. The van der Waals surface area contributed by atoms with E-state index in [0.29, 0.717) is 11.1 Å². The summed E-state index contributed by atoms with van der Waals surface area (Å²) in [5.74, 6) is -0.953. The van der Waals surface area contributed by atoms with Gasteiger partial charge < -0.3 is 0 Å². The Morgan fingerprint density at radius 1 is 0.652 bits per heavy atom. The molecule has 3 nitrogen and oxygen atoms in total. The van der Waals surface area contributed by atoms with Gasteiger partial charge in [-0.25, -0.2) is 4.57 Å². The van der Waals surface area contributed by atoms with Crippen LogP contribution in [0, 0.1) is 0 Å². The maximum absolute atomic E-state index is 12.3. The first-order chi connectivity index (χ1) is 11.2. The van der Waals surface area contributed by atoms with Crippen LogP contribution in [0.1, 0.15) is 26.3 Å². The van der Waals surface area contributed by atoms with Gasteiger partial charge in [-0.1, -0.05) is 60.7 Å². The van der Waals surface area contributed by atoms with Crippen LogP contribution in [-0.2, 0) is 6.54 Å². The molecule has 0 atom stereocenters. The van der Waals surface area contributed by atoms with Crippen LogP contribution in [0.2, 0.25) is 0 Å². The molecular formula is C20H16NO2+. The first-order valence-electron chi connectivity index (χ1n) is 7.41. The number of hydrogen-bond acceptors (Lipinski definition) is 2. The predicted molar refractivity (Wildman–Crippen MR) is 87.3 cm³/mol. The van der Waals surface area contributed by atoms with Crippen LogP contribution in [0.3, 0.4) is 0 Å². The van der Waals surface area contributed by atoms with Crippen molar-refractivity contribution >= 4 is 11.6 Å². The lowest BCUT2D eigenvalue weighted by atomic mass is 10.0. The number of benzene rings is 2. The topological polar surface area (TPSA) is 38.0 Å². The SMILES string of the molecule is O=C(C(=O)c1ccc(C[n+]2ccccc2)cc1)c1ccccc1. The second-order valence-corrected chi connectivity index (χ2v) is 5.27. The molecule has 0 radical (unpaired) electrons. The van der Waals surface area contributed by atoms with Gasteiger partial charge in [-0.15, -0.1) is 0 Å². The van der Waals surface area contributed by atoms with Crippen LogP contribution in [0.4, 0.5) is 0 Å². The number of ketones is 2. The van der Waals surface area contributed by atoms with Gasteiger partial charge in [-0.3, -0.25) is 9.59 Å². The Morgan fingerprint density at radius 3 is 1.78 bits per heavy atom. The fourth-order valence-electron chi connectivity index (χ4n) is 2.36. The highest BCUT2D eigenvalue weighted by Gasteiger charge is 2.17. The maximum atomic E-state index is 12.3. The lowest BCUT2D eigenvalue weighted by Crippen LogP contribution is -2.32. The van der Waals surface area contributed by atoms with Crippen molar-refractivity contribution in [1.29, 1.82) is 0 Å².